The Morgan fingerprint density at radius 3 is 2.28 bits per heavy atom. The van der Waals surface area contributed by atoms with Crippen LogP contribution in [0.15, 0.2) is 30.3 Å². The van der Waals surface area contributed by atoms with Crippen LogP contribution in [0.5, 0.6) is 0 Å². The molecule has 0 saturated carbocycles. The Hall–Kier alpha value is -2.32. The monoisotopic (exact) mass is 404 g/mol. The van der Waals surface area contributed by atoms with E-state index < -0.39 is 11.8 Å². The lowest BCUT2D eigenvalue weighted by atomic mass is 9.94. The second-order valence-electron chi connectivity index (χ2n) is 8.76. The van der Waals surface area contributed by atoms with Crippen molar-refractivity contribution in [2.75, 3.05) is 44.2 Å². The van der Waals surface area contributed by atoms with E-state index in [1.54, 1.807) is 10.4 Å². The number of benzene rings is 1. The van der Waals surface area contributed by atoms with Crippen molar-refractivity contribution in [3.05, 3.63) is 30.3 Å². The second-order valence-corrected chi connectivity index (χ2v) is 8.76. The first-order valence-electron chi connectivity index (χ1n) is 10.2. The van der Waals surface area contributed by atoms with Crippen molar-refractivity contribution in [1.29, 1.82) is 0 Å². The van der Waals surface area contributed by atoms with Crippen LogP contribution in [0.25, 0.3) is 0 Å². The molecule has 1 aromatic carbocycles. The summed E-state index contributed by atoms with van der Waals surface area (Å²) in [7, 11) is 0. The number of piperidine rings is 1. The number of hydroxylamine groups is 1. The summed E-state index contributed by atoms with van der Waals surface area (Å²) in [4.78, 5) is 31.0. The van der Waals surface area contributed by atoms with Crippen LogP contribution in [-0.4, -0.2) is 77.9 Å². The molecule has 2 aliphatic heterocycles. The van der Waals surface area contributed by atoms with Crippen LogP contribution in [0, 0.1) is 5.92 Å². The van der Waals surface area contributed by atoms with Gasteiger partial charge in [0.2, 0.25) is 5.91 Å². The van der Waals surface area contributed by atoms with Gasteiger partial charge in [-0.25, -0.2) is 10.3 Å². The predicted molar refractivity (Wildman–Crippen MR) is 110 cm³/mol. The zero-order chi connectivity index (χ0) is 21.0. The molecule has 0 radical (unpaired) electrons. The molecule has 2 atom stereocenters. The second kappa shape index (κ2) is 9.00. The molecule has 3 rings (SSSR count). The summed E-state index contributed by atoms with van der Waals surface area (Å²) in [6.45, 7) is 9.40. The molecule has 0 unspecified atom stereocenters. The fourth-order valence-electron chi connectivity index (χ4n) is 4.07. The minimum Gasteiger partial charge on any atom is -0.371 e. The van der Waals surface area contributed by atoms with Crippen molar-refractivity contribution < 1.29 is 19.5 Å². The van der Waals surface area contributed by atoms with Crippen LogP contribution in [0.4, 0.5) is 10.5 Å². The van der Waals surface area contributed by atoms with Gasteiger partial charge in [0.1, 0.15) is 0 Å². The highest BCUT2D eigenvalue weighted by Crippen LogP contribution is 2.25. The highest BCUT2D eigenvalue weighted by atomic mass is 16.5. The number of amides is 3. The molecule has 2 saturated heterocycles. The molecule has 2 N–H and O–H groups in total. The Balaban J connectivity index is 1.63. The van der Waals surface area contributed by atoms with Crippen molar-refractivity contribution in [2.24, 2.45) is 5.92 Å². The summed E-state index contributed by atoms with van der Waals surface area (Å²) in [6, 6.07) is 10.1. The molecule has 2 fully saturated rings. The maximum absolute atomic E-state index is 13.1. The number of para-hydroxylation sites is 1. The van der Waals surface area contributed by atoms with E-state index in [1.165, 1.54) is 0 Å². The molecule has 29 heavy (non-hydrogen) atoms. The lowest BCUT2D eigenvalue weighted by Crippen LogP contribution is -2.58. The van der Waals surface area contributed by atoms with Crippen molar-refractivity contribution in [1.82, 2.24) is 15.3 Å². The topological polar surface area (TPSA) is 85.3 Å². The van der Waals surface area contributed by atoms with Crippen LogP contribution in [0.1, 0.15) is 27.2 Å². The van der Waals surface area contributed by atoms with Crippen LogP contribution in [0.3, 0.4) is 0 Å². The van der Waals surface area contributed by atoms with Gasteiger partial charge in [0, 0.05) is 45.0 Å². The van der Waals surface area contributed by atoms with Crippen molar-refractivity contribution in [3.63, 3.8) is 0 Å². The van der Waals surface area contributed by atoms with Gasteiger partial charge in [0.25, 0.3) is 0 Å². The lowest BCUT2D eigenvalue weighted by Gasteiger charge is -2.43. The SMILES string of the molecule is CC(C)(C)O[C@H]1C[C@H](C(=O)NO)CN(C(=O)N2CCN(c3ccccc3)CC2)C1. The highest BCUT2D eigenvalue weighted by molar-refractivity contribution is 5.80. The van der Waals surface area contributed by atoms with Gasteiger partial charge in [-0.15, -0.1) is 0 Å². The molecule has 0 aliphatic carbocycles. The summed E-state index contributed by atoms with van der Waals surface area (Å²) in [5, 5.41) is 9.06. The number of nitrogens with zero attached hydrogens (tertiary/aromatic N) is 3. The standard InChI is InChI=1S/C21H32N4O4/c1-21(2,3)29-18-13-16(19(26)22-28)14-25(15-18)20(27)24-11-9-23(10-12-24)17-7-5-4-6-8-17/h4-8,16,18,28H,9-15H2,1-3H3,(H,22,26)/t16-,18-/m0/s1. The molecular formula is C21H32N4O4. The van der Waals surface area contributed by atoms with Gasteiger partial charge >= 0.3 is 6.03 Å². The fourth-order valence-corrected chi connectivity index (χ4v) is 4.07. The number of rotatable bonds is 3. The number of piperazine rings is 1. The number of hydrogen-bond acceptors (Lipinski definition) is 5. The van der Waals surface area contributed by atoms with Gasteiger partial charge in [-0.1, -0.05) is 18.2 Å². The van der Waals surface area contributed by atoms with E-state index >= 15 is 0 Å². The van der Waals surface area contributed by atoms with Crippen LogP contribution in [-0.2, 0) is 9.53 Å². The molecule has 2 heterocycles. The molecule has 0 bridgehead atoms. The summed E-state index contributed by atoms with van der Waals surface area (Å²) in [5.41, 5.74) is 2.51. The largest absolute Gasteiger partial charge is 0.371 e. The van der Waals surface area contributed by atoms with Gasteiger partial charge in [-0.3, -0.25) is 10.0 Å². The third kappa shape index (κ3) is 5.61. The Morgan fingerprint density at radius 2 is 1.69 bits per heavy atom. The van der Waals surface area contributed by atoms with E-state index in [0.717, 1.165) is 18.8 Å². The molecule has 8 nitrogen and oxygen atoms in total. The van der Waals surface area contributed by atoms with Gasteiger partial charge < -0.3 is 19.4 Å². The molecule has 0 aromatic heterocycles. The molecule has 0 spiro atoms. The van der Waals surface area contributed by atoms with Gasteiger partial charge in [-0.2, -0.15) is 0 Å². The molecule has 1 aromatic rings. The zero-order valence-corrected chi connectivity index (χ0v) is 17.5. The molecule has 2 aliphatic rings. The maximum Gasteiger partial charge on any atom is 0.320 e. The van der Waals surface area contributed by atoms with E-state index in [-0.39, 0.29) is 24.3 Å². The third-order valence-electron chi connectivity index (χ3n) is 5.36. The Morgan fingerprint density at radius 1 is 1.03 bits per heavy atom. The predicted octanol–water partition coefficient (Wildman–Crippen LogP) is 1.94. The molecule has 3 amide bonds. The minimum absolute atomic E-state index is 0.0735. The van der Waals surface area contributed by atoms with Crippen molar-refractivity contribution >= 4 is 17.6 Å². The van der Waals surface area contributed by atoms with Gasteiger partial charge in [-0.05, 0) is 39.3 Å². The molecule has 160 valence electrons. The Kier molecular flexibility index (Phi) is 6.64. The first-order chi connectivity index (χ1) is 13.8. The Bertz CT molecular complexity index is 698. The lowest BCUT2D eigenvalue weighted by molar-refractivity contribution is -0.141. The summed E-state index contributed by atoms with van der Waals surface area (Å²) in [5.74, 6) is -0.963. The Labute approximate surface area is 172 Å². The van der Waals surface area contributed by atoms with Crippen LogP contribution in [0.2, 0.25) is 0 Å². The quantitative estimate of drug-likeness (QED) is 0.594. The molecule has 8 heteroatoms. The van der Waals surface area contributed by atoms with E-state index in [9.17, 15) is 9.59 Å². The van der Waals surface area contributed by atoms with Gasteiger partial charge in [0.05, 0.1) is 17.6 Å². The average molecular weight is 405 g/mol. The minimum atomic E-state index is -0.490. The number of nitrogens with one attached hydrogen (secondary N) is 1. The number of carbonyl (C=O) groups is 2. The van der Waals surface area contributed by atoms with E-state index in [4.69, 9.17) is 9.94 Å². The fraction of sp³-hybridized carbons (Fsp3) is 0.619. The first-order valence-corrected chi connectivity index (χ1v) is 10.2. The van der Waals surface area contributed by atoms with E-state index in [2.05, 4.69) is 17.0 Å². The number of anilines is 1. The summed E-state index contributed by atoms with van der Waals surface area (Å²) in [6.07, 6.45) is 0.232. The molecular weight excluding hydrogens is 372 g/mol. The maximum atomic E-state index is 13.1. The van der Waals surface area contributed by atoms with E-state index in [0.29, 0.717) is 26.1 Å². The smallest absolute Gasteiger partial charge is 0.320 e. The normalized spacial score (nSPS) is 23.1. The average Bonchev–Trinajstić information content (AvgIpc) is 2.72. The summed E-state index contributed by atoms with van der Waals surface area (Å²) < 4.78 is 6.06. The van der Waals surface area contributed by atoms with Gasteiger partial charge in [0.15, 0.2) is 0 Å². The summed E-state index contributed by atoms with van der Waals surface area (Å²) >= 11 is 0. The number of carbonyl (C=O) groups excluding carboxylic acids is 2. The highest BCUT2D eigenvalue weighted by Gasteiger charge is 2.37. The van der Waals surface area contributed by atoms with E-state index in [1.807, 2.05) is 43.9 Å². The van der Waals surface area contributed by atoms with Crippen LogP contribution < -0.4 is 10.4 Å². The number of hydrogen-bond donors (Lipinski definition) is 2. The number of likely N-dealkylation sites (tertiary alicyclic amines) is 1. The first kappa shape index (κ1) is 21.4. The zero-order valence-electron chi connectivity index (χ0n) is 17.5. The van der Waals surface area contributed by atoms with Crippen LogP contribution >= 0.6 is 0 Å². The van der Waals surface area contributed by atoms with Crippen molar-refractivity contribution in [2.45, 2.75) is 38.9 Å². The third-order valence-corrected chi connectivity index (χ3v) is 5.36. The number of urea groups is 1. The van der Waals surface area contributed by atoms with Crippen molar-refractivity contribution in [3.8, 4) is 0 Å². The number of ether oxygens (including phenoxy) is 1.